The Labute approximate surface area is 112 Å². The summed E-state index contributed by atoms with van der Waals surface area (Å²) in [6.07, 6.45) is 4.97. The van der Waals surface area contributed by atoms with Gasteiger partial charge in [-0.1, -0.05) is 33.0 Å². The SMILES string of the molecule is CCCn1cc(-c2cc(=S)nc(C(C)C)[nH]2)cn1. The van der Waals surface area contributed by atoms with Gasteiger partial charge in [0, 0.05) is 24.2 Å². The average Bonchev–Trinajstić information content (AvgIpc) is 2.77. The van der Waals surface area contributed by atoms with Gasteiger partial charge in [-0.25, -0.2) is 4.98 Å². The summed E-state index contributed by atoms with van der Waals surface area (Å²) in [6, 6.07) is 1.88. The van der Waals surface area contributed by atoms with Crippen LogP contribution in [0.25, 0.3) is 11.3 Å². The number of hydrogen-bond acceptors (Lipinski definition) is 3. The van der Waals surface area contributed by atoms with Gasteiger partial charge in [0.05, 0.1) is 11.9 Å². The van der Waals surface area contributed by atoms with E-state index in [2.05, 4.69) is 35.8 Å². The molecule has 0 saturated carbocycles. The van der Waals surface area contributed by atoms with Crippen molar-refractivity contribution in [3.63, 3.8) is 0 Å². The molecule has 2 aromatic rings. The topological polar surface area (TPSA) is 46.5 Å². The summed E-state index contributed by atoms with van der Waals surface area (Å²) in [5, 5.41) is 4.33. The van der Waals surface area contributed by atoms with E-state index in [1.165, 1.54) is 0 Å². The summed E-state index contributed by atoms with van der Waals surface area (Å²) in [4.78, 5) is 7.66. The second-order valence-electron chi connectivity index (χ2n) is 4.67. The van der Waals surface area contributed by atoms with Crippen LogP contribution in [0.3, 0.4) is 0 Å². The quantitative estimate of drug-likeness (QED) is 0.857. The highest BCUT2D eigenvalue weighted by atomic mass is 32.1. The predicted octanol–water partition coefficient (Wildman–Crippen LogP) is 3.54. The van der Waals surface area contributed by atoms with Crippen LogP contribution in [-0.4, -0.2) is 19.7 Å². The molecule has 0 spiro atoms. The van der Waals surface area contributed by atoms with Crippen LogP contribution in [0.4, 0.5) is 0 Å². The molecule has 0 unspecified atom stereocenters. The Morgan fingerprint density at radius 1 is 1.44 bits per heavy atom. The Morgan fingerprint density at radius 3 is 2.89 bits per heavy atom. The molecule has 0 atom stereocenters. The molecule has 0 aliphatic rings. The fourth-order valence-corrected chi connectivity index (χ4v) is 1.98. The lowest BCUT2D eigenvalue weighted by Crippen LogP contribution is -1.99. The molecule has 5 heteroatoms. The third kappa shape index (κ3) is 2.85. The van der Waals surface area contributed by atoms with Gasteiger partial charge in [-0.15, -0.1) is 0 Å². The Hall–Kier alpha value is -1.49. The second-order valence-corrected chi connectivity index (χ2v) is 5.08. The van der Waals surface area contributed by atoms with Crippen molar-refractivity contribution in [2.75, 3.05) is 0 Å². The third-order valence-corrected chi connectivity index (χ3v) is 2.91. The van der Waals surface area contributed by atoms with Crippen molar-refractivity contribution in [2.24, 2.45) is 0 Å². The van der Waals surface area contributed by atoms with E-state index >= 15 is 0 Å². The monoisotopic (exact) mass is 262 g/mol. The summed E-state index contributed by atoms with van der Waals surface area (Å²) >= 11 is 5.21. The van der Waals surface area contributed by atoms with Crippen molar-refractivity contribution in [2.45, 2.75) is 39.7 Å². The summed E-state index contributed by atoms with van der Waals surface area (Å²) in [7, 11) is 0. The molecule has 0 saturated heterocycles. The number of nitrogens with zero attached hydrogens (tertiary/aromatic N) is 3. The van der Waals surface area contributed by atoms with E-state index in [9.17, 15) is 0 Å². The molecule has 96 valence electrons. The zero-order valence-corrected chi connectivity index (χ0v) is 11.8. The summed E-state index contributed by atoms with van der Waals surface area (Å²) in [5.74, 6) is 1.25. The zero-order valence-electron chi connectivity index (χ0n) is 11.0. The Bertz CT molecular complexity index is 583. The van der Waals surface area contributed by atoms with E-state index < -0.39 is 0 Å². The Kier molecular flexibility index (Phi) is 3.91. The molecule has 0 amide bonds. The predicted molar refractivity (Wildman–Crippen MR) is 75.0 cm³/mol. The van der Waals surface area contributed by atoms with Gasteiger partial charge in [0.15, 0.2) is 0 Å². The minimum Gasteiger partial charge on any atom is -0.343 e. The standard InChI is InChI=1S/C13H18N4S/c1-4-5-17-8-10(7-14-17)11-6-12(18)16-13(15-11)9(2)3/h6-9H,4-5H2,1-3H3,(H,15,16,18). The first kappa shape index (κ1) is 13.0. The molecule has 4 nitrogen and oxygen atoms in total. The first-order chi connectivity index (χ1) is 8.60. The third-order valence-electron chi connectivity index (χ3n) is 2.71. The Morgan fingerprint density at radius 2 is 2.22 bits per heavy atom. The number of H-pyrrole nitrogens is 1. The summed E-state index contributed by atoms with van der Waals surface area (Å²) < 4.78 is 2.57. The van der Waals surface area contributed by atoms with E-state index in [-0.39, 0.29) is 0 Å². The van der Waals surface area contributed by atoms with Gasteiger partial charge < -0.3 is 4.98 Å². The highest BCUT2D eigenvalue weighted by Crippen LogP contribution is 2.18. The van der Waals surface area contributed by atoms with E-state index in [1.54, 1.807) is 0 Å². The molecule has 2 rings (SSSR count). The maximum absolute atomic E-state index is 5.21. The van der Waals surface area contributed by atoms with Crippen molar-refractivity contribution in [1.29, 1.82) is 0 Å². The van der Waals surface area contributed by atoms with Gasteiger partial charge in [-0.05, 0) is 12.5 Å². The molecule has 2 aromatic heterocycles. The fourth-order valence-electron chi connectivity index (χ4n) is 1.76. The molecular formula is C13H18N4S. The van der Waals surface area contributed by atoms with Gasteiger partial charge in [0.2, 0.25) is 0 Å². The first-order valence-electron chi connectivity index (χ1n) is 6.24. The van der Waals surface area contributed by atoms with Gasteiger partial charge in [-0.2, -0.15) is 5.10 Å². The van der Waals surface area contributed by atoms with Crippen LogP contribution in [0.1, 0.15) is 38.9 Å². The van der Waals surface area contributed by atoms with E-state index in [0.717, 1.165) is 30.0 Å². The highest BCUT2D eigenvalue weighted by Gasteiger charge is 2.07. The smallest absolute Gasteiger partial charge is 0.130 e. The maximum atomic E-state index is 5.21. The summed E-state index contributed by atoms with van der Waals surface area (Å²) in [6.45, 7) is 7.26. The zero-order chi connectivity index (χ0) is 13.1. The van der Waals surface area contributed by atoms with Crippen LogP contribution in [0.5, 0.6) is 0 Å². The van der Waals surface area contributed by atoms with Crippen molar-refractivity contribution in [3.8, 4) is 11.3 Å². The average molecular weight is 262 g/mol. The minimum atomic E-state index is 0.331. The number of aromatic nitrogens is 4. The van der Waals surface area contributed by atoms with Gasteiger partial charge in [0.25, 0.3) is 0 Å². The number of aryl methyl sites for hydroxylation is 1. The van der Waals surface area contributed by atoms with E-state index in [0.29, 0.717) is 10.6 Å². The van der Waals surface area contributed by atoms with Crippen molar-refractivity contribution in [1.82, 2.24) is 19.7 Å². The molecule has 1 N–H and O–H groups in total. The number of hydrogen-bond donors (Lipinski definition) is 1. The van der Waals surface area contributed by atoms with Crippen LogP contribution >= 0.6 is 12.2 Å². The number of rotatable bonds is 4. The van der Waals surface area contributed by atoms with Crippen molar-refractivity contribution >= 4 is 12.2 Å². The number of nitrogens with one attached hydrogen (secondary N) is 1. The molecule has 18 heavy (non-hydrogen) atoms. The van der Waals surface area contributed by atoms with Crippen LogP contribution < -0.4 is 0 Å². The molecule has 0 radical (unpaired) electrons. The lowest BCUT2D eigenvalue weighted by atomic mass is 10.2. The van der Waals surface area contributed by atoms with Gasteiger partial charge in [0.1, 0.15) is 10.5 Å². The second kappa shape index (κ2) is 5.44. The molecule has 0 bridgehead atoms. The van der Waals surface area contributed by atoms with Crippen LogP contribution in [0.2, 0.25) is 0 Å². The highest BCUT2D eigenvalue weighted by molar-refractivity contribution is 7.71. The molecule has 0 aliphatic heterocycles. The largest absolute Gasteiger partial charge is 0.343 e. The van der Waals surface area contributed by atoms with Crippen LogP contribution in [0.15, 0.2) is 18.5 Å². The normalized spacial score (nSPS) is 11.1. The van der Waals surface area contributed by atoms with Crippen LogP contribution in [0, 0.1) is 4.64 Å². The van der Waals surface area contributed by atoms with E-state index in [1.807, 2.05) is 23.1 Å². The molecule has 0 aromatic carbocycles. The van der Waals surface area contributed by atoms with Crippen molar-refractivity contribution in [3.05, 3.63) is 28.9 Å². The maximum Gasteiger partial charge on any atom is 0.130 e. The molecule has 0 fully saturated rings. The molecule has 2 heterocycles. The fraction of sp³-hybridized carbons (Fsp3) is 0.462. The minimum absolute atomic E-state index is 0.331. The van der Waals surface area contributed by atoms with Gasteiger partial charge >= 0.3 is 0 Å². The lowest BCUT2D eigenvalue weighted by molar-refractivity contribution is 0.603. The van der Waals surface area contributed by atoms with E-state index in [4.69, 9.17) is 12.2 Å². The first-order valence-corrected chi connectivity index (χ1v) is 6.65. The lowest BCUT2D eigenvalue weighted by Gasteiger charge is -2.06. The molecule has 0 aliphatic carbocycles. The van der Waals surface area contributed by atoms with Crippen LogP contribution in [-0.2, 0) is 6.54 Å². The van der Waals surface area contributed by atoms with Crippen molar-refractivity contribution < 1.29 is 0 Å². The molecular weight excluding hydrogens is 244 g/mol. The van der Waals surface area contributed by atoms with Gasteiger partial charge in [-0.3, -0.25) is 4.68 Å². The Balaban J connectivity index is 2.40. The summed E-state index contributed by atoms with van der Waals surface area (Å²) in [5.41, 5.74) is 2.04. The number of aromatic amines is 1.